The third-order valence-electron chi connectivity index (χ3n) is 4.90. The van der Waals surface area contributed by atoms with Crippen LogP contribution in [0.5, 0.6) is 17.2 Å². The number of allylic oxidation sites excluding steroid dienone is 1. The molecule has 0 saturated carbocycles. The summed E-state index contributed by atoms with van der Waals surface area (Å²) in [6, 6.07) is 14.6. The molecule has 3 rings (SSSR count). The normalized spacial score (nSPS) is 10.8. The van der Waals surface area contributed by atoms with E-state index >= 15 is 0 Å². The van der Waals surface area contributed by atoms with Crippen LogP contribution in [0.1, 0.15) is 16.8 Å². The van der Waals surface area contributed by atoms with Crippen molar-refractivity contribution in [2.75, 3.05) is 25.6 Å². The van der Waals surface area contributed by atoms with Crippen LogP contribution in [0.15, 0.2) is 66.1 Å². The molecule has 0 radical (unpaired) electrons. The number of anilines is 1. The lowest BCUT2D eigenvalue weighted by atomic mass is 10.1. The molecule has 1 aromatic heterocycles. The summed E-state index contributed by atoms with van der Waals surface area (Å²) in [6.07, 6.45) is 3.68. The summed E-state index contributed by atoms with van der Waals surface area (Å²) in [6.45, 7) is 4.36. The van der Waals surface area contributed by atoms with E-state index in [0.29, 0.717) is 35.8 Å². The van der Waals surface area contributed by atoms with Crippen molar-refractivity contribution >= 4 is 34.4 Å². The number of ether oxygens (including phenoxy) is 3. The van der Waals surface area contributed by atoms with Crippen LogP contribution >= 0.6 is 11.3 Å². The number of carboxylic acids is 1. The number of benzene rings is 2. The SMILES string of the molecule is C=CCc1ccccc1OCCOc1ccc(/C=C(\C#N)C(=O)Nc2nc(CC(=O)O)cs2)cc1OC. The summed E-state index contributed by atoms with van der Waals surface area (Å²) in [5.74, 6) is 0.00290. The van der Waals surface area contributed by atoms with Crippen LogP contribution in [0.4, 0.5) is 5.13 Å². The Morgan fingerprint density at radius 2 is 1.92 bits per heavy atom. The van der Waals surface area contributed by atoms with Gasteiger partial charge in [0.1, 0.15) is 30.6 Å². The van der Waals surface area contributed by atoms with E-state index in [9.17, 15) is 14.9 Å². The topological polar surface area (TPSA) is 131 Å². The summed E-state index contributed by atoms with van der Waals surface area (Å²) < 4.78 is 17.1. The minimum atomic E-state index is -1.02. The van der Waals surface area contributed by atoms with Gasteiger partial charge in [-0.1, -0.05) is 30.3 Å². The average Bonchev–Trinajstić information content (AvgIpc) is 3.32. The number of para-hydroxylation sites is 1. The quantitative estimate of drug-likeness (QED) is 0.146. The van der Waals surface area contributed by atoms with Gasteiger partial charge in [0.25, 0.3) is 5.91 Å². The molecule has 3 aromatic rings. The van der Waals surface area contributed by atoms with E-state index in [4.69, 9.17) is 19.3 Å². The molecule has 0 spiro atoms. The molecule has 2 aromatic carbocycles. The molecule has 9 nitrogen and oxygen atoms in total. The van der Waals surface area contributed by atoms with Gasteiger partial charge in [0, 0.05) is 5.38 Å². The van der Waals surface area contributed by atoms with Crippen LogP contribution in [0, 0.1) is 11.3 Å². The summed E-state index contributed by atoms with van der Waals surface area (Å²) >= 11 is 1.08. The lowest BCUT2D eigenvalue weighted by Crippen LogP contribution is -2.13. The predicted octanol–water partition coefficient (Wildman–Crippen LogP) is 4.51. The number of nitriles is 1. The fourth-order valence-electron chi connectivity index (χ4n) is 3.25. The Labute approximate surface area is 218 Å². The minimum absolute atomic E-state index is 0.155. The standard InChI is InChI=1S/C27H25N3O6S/c1-3-6-19-7-4-5-8-22(19)35-11-12-36-23-10-9-18(14-24(23)34-2)13-20(16-28)26(33)30-27-29-21(17-37-27)15-25(31)32/h3-5,7-10,13-14,17H,1,6,11-12,15H2,2H3,(H,31,32)(H,29,30,33)/b20-13+. The summed E-state index contributed by atoms with van der Waals surface area (Å²) in [5.41, 5.74) is 1.76. The van der Waals surface area contributed by atoms with Crippen molar-refractivity contribution in [3.05, 3.63) is 82.9 Å². The van der Waals surface area contributed by atoms with Crippen molar-refractivity contribution in [3.8, 4) is 23.3 Å². The van der Waals surface area contributed by atoms with Crippen molar-refractivity contribution < 1.29 is 28.9 Å². The van der Waals surface area contributed by atoms with Crippen LogP contribution in [0.3, 0.4) is 0 Å². The largest absolute Gasteiger partial charge is 0.493 e. The van der Waals surface area contributed by atoms with Crippen molar-refractivity contribution in [2.45, 2.75) is 12.8 Å². The molecule has 10 heteroatoms. The van der Waals surface area contributed by atoms with E-state index in [1.54, 1.807) is 18.2 Å². The van der Waals surface area contributed by atoms with Crippen LogP contribution in [0.2, 0.25) is 0 Å². The summed E-state index contributed by atoms with van der Waals surface area (Å²) in [7, 11) is 1.49. The zero-order chi connectivity index (χ0) is 26.6. The van der Waals surface area contributed by atoms with E-state index in [2.05, 4.69) is 16.9 Å². The van der Waals surface area contributed by atoms with Gasteiger partial charge >= 0.3 is 5.97 Å². The van der Waals surface area contributed by atoms with Crippen molar-refractivity contribution in [1.82, 2.24) is 4.98 Å². The number of nitrogens with zero attached hydrogens (tertiary/aromatic N) is 2. The van der Waals surface area contributed by atoms with Gasteiger partial charge < -0.3 is 19.3 Å². The van der Waals surface area contributed by atoms with Gasteiger partial charge in [0.05, 0.1) is 19.2 Å². The minimum Gasteiger partial charge on any atom is -0.493 e. The first kappa shape index (κ1) is 27.0. The second-order valence-corrected chi connectivity index (χ2v) is 8.40. The highest BCUT2D eigenvalue weighted by Gasteiger charge is 2.14. The number of aliphatic carboxylic acids is 1. The Balaban J connectivity index is 1.62. The molecule has 190 valence electrons. The Morgan fingerprint density at radius 3 is 2.62 bits per heavy atom. The maximum Gasteiger partial charge on any atom is 0.309 e. The molecule has 0 aliphatic rings. The van der Waals surface area contributed by atoms with Crippen molar-refractivity contribution in [3.63, 3.8) is 0 Å². The molecule has 1 amide bonds. The molecular formula is C27H25N3O6S. The van der Waals surface area contributed by atoms with Crippen LogP contribution in [-0.4, -0.2) is 42.3 Å². The Hall–Kier alpha value is -4.62. The summed E-state index contributed by atoms with van der Waals surface area (Å²) in [5, 5.41) is 22.6. The maximum absolute atomic E-state index is 12.5. The average molecular weight is 520 g/mol. The number of carbonyl (C=O) groups excluding carboxylic acids is 1. The zero-order valence-electron chi connectivity index (χ0n) is 20.1. The van der Waals surface area contributed by atoms with Gasteiger partial charge in [-0.05, 0) is 41.8 Å². The van der Waals surface area contributed by atoms with E-state index in [1.165, 1.54) is 18.6 Å². The molecule has 2 N–H and O–H groups in total. The molecule has 0 fully saturated rings. The molecule has 0 atom stereocenters. The maximum atomic E-state index is 12.5. The first-order chi connectivity index (χ1) is 17.9. The summed E-state index contributed by atoms with van der Waals surface area (Å²) in [4.78, 5) is 27.4. The lowest BCUT2D eigenvalue weighted by molar-refractivity contribution is -0.136. The van der Waals surface area contributed by atoms with E-state index < -0.39 is 11.9 Å². The number of methoxy groups -OCH3 is 1. The number of thiazole rings is 1. The molecule has 0 aliphatic carbocycles. The molecular weight excluding hydrogens is 494 g/mol. The fourth-order valence-corrected chi connectivity index (χ4v) is 3.95. The third kappa shape index (κ3) is 7.95. The molecule has 1 heterocycles. The lowest BCUT2D eigenvalue weighted by Gasteiger charge is -2.13. The Kier molecular flexibility index (Phi) is 9.82. The number of hydrogen-bond donors (Lipinski definition) is 2. The van der Waals surface area contributed by atoms with Gasteiger partial charge in [-0.15, -0.1) is 17.9 Å². The fraction of sp³-hybridized carbons (Fsp3) is 0.185. The third-order valence-corrected chi connectivity index (χ3v) is 5.71. The van der Waals surface area contributed by atoms with Gasteiger partial charge in [0.15, 0.2) is 16.6 Å². The molecule has 0 saturated heterocycles. The molecule has 37 heavy (non-hydrogen) atoms. The number of amides is 1. The number of carbonyl (C=O) groups is 2. The predicted molar refractivity (Wildman–Crippen MR) is 140 cm³/mol. The van der Waals surface area contributed by atoms with E-state index in [-0.39, 0.29) is 23.7 Å². The second-order valence-electron chi connectivity index (χ2n) is 7.55. The van der Waals surface area contributed by atoms with Gasteiger partial charge in [0.2, 0.25) is 0 Å². The van der Waals surface area contributed by atoms with Gasteiger partial charge in [-0.25, -0.2) is 4.98 Å². The monoisotopic (exact) mass is 519 g/mol. The molecule has 0 aliphatic heterocycles. The molecule has 0 unspecified atom stereocenters. The van der Waals surface area contributed by atoms with Crippen LogP contribution in [-0.2, 0) is 22.4 Å². The number of hydrogen-bond acceptors (Lipinski definition) is 8. The molecule has 0 bridgehead atoms. The smallest absolute Gasteiger partial charge is 0.309 e. The zero-order valence-corrected chi connectivity index (χ0v) is 20.9. The highest BCUT2D eigenvalue weighted by molar-refractivity contribution is 7.14. The van der Waals surface area contributed by atoms with Crippen molar-refractivity contribution in [2.24, 2.45) is 0 Å². The number of aromatic nitrogens is 1. The van der Waals surface area contributed by atoms with E-state index in [1.807, 2.05) is 36.4 Å². The Morgan fingerprint density at radius 1 is 1.16 bits per heavy atom. The first-order valence-electron chi connectivity index (χ1n) is 11.1. The van der Waals surface area contributed by atoms with Crippen molar-refractivity contribution in [1.29, 1.82) is 5.26 Å². The van der Waals surface area contributed by atoms with Gasteiger partial charge in [-0.3, -0.25) is 14.9 Å². The highest BCUT2D eigenvalue weighted by Crippen LogP contribution is 2.29. The van der Waals surface area contributed by atoms with Crippen LogP contribution < -0.4 is 19.5 Å². The number of carboxylic acid groups (broad SMARTS) is 1. The van der Waals surface area contributed by atoms with Crippen LogP contribution in [0.25, 0.3) is 6.08 Å². The number of rotatable bonds is 13. The van der Waals surface area contributed by atoms with E-state index in [0.717, 1.165) is 22.6 Å². The number of nitrogens with one attached hydrogen (secondary N) is 1. The highest BCUT2D eigenvalue weighted by atomic mass is 32.1. The Bertz CT molecular complexity index is 1340. The first-order valence-corrected chi connectivity index (χ1v) is 12.0. The van der Waals surface area contributed by atoms with Gasteiger partial charge in [-0.2, -0.15) is 5.26 Å². The second kappa shape index (κ2) is 13.5.